The van der Waals surface area contributed by atoms with Crippen molar-refractivity contribution in [2.24, 2.45) is 11.8 Å². The molecule has 4 nitrogen and oxygen atoms in total. The maximum atomic E-state index is 11.7. The molecule has 3 rings (SSSR count). The predicted octanol–water partition coefficient (Wildman–Crippen LogP) is 2.14. The lowest BCUT2D eigenvalue weighted by Crippen LogP contribution is -2.45. The summed E-state index contributed by atoms with van der Waals surface area (Å²) in [5.41, 5.74) is 0.153. The Balaban J connectivity index is 1.60. The molecule has 0 aromatic rings. The molecule has 122 valence electrons. The first-order valence-electron chi connectivity index (χ1n) is 8.54. The maximum absolute atomic E-state index is 11.7. The molecular formula is C16H29NO3S. The van der Waals surface area contributed by atoms with Crippen LogP contribution >= 0.6 is 0 Å². The molecule has 0 radical (unpaired) electrons. The van der Waals surface area contributed by atoms with Gasteiger partial charge in [-0.1, -0.05) is 12.8 Å². The van der Waals surface area contributed by atoms with Crippen molar-refractivity contribution in [3.05, 3.63) is 0 Å². The summed E-state index contributed by atoms with van der Waals surface area (Å²) in [6, 6.07) is 0.449. The Bertz CT molecular complexity index is 456. The second-order valence-corrected chi connectivity index (χ2v) is 9.62. The average molecular weight is 315 g/mol. The molecule has 3 fully saturated rings. The molecular weight excluding hydrogens is 286 g/mol. The summed E-state index contributed by atoms with van der Waals surface area (Å²) in [6.07, 6.45) is 9.20. The molecule has 3 aliphatic rings. The Labute approximate surface area is 128 Å². The van der Waals surface area contributed by atoms with Gasteiger partial charge < -0.3 is 10.1 Å². The van der Waals surface area contributed by atoms with Crippen LogP contribution in [0.15, 0.2) is 0 Å². The van der Waals surface area contributed by atoms with Crippen LogP contribution in [-0.2, 0) is 14.6 Å². The number of hydrogen-bond donors (Lipinski definition) is 1. The van der Waals surface area contributed by atoms with Gasteiger partial charge >= 0.3 is 0 Å². The van der Waals surface area contributed by atoms with Crippen molar-refractivity contribution in [3.8, 4) is 0 Å². The fourth-order valence-electron chi connectivity index (χ4n) is 4.74. The summed E-state index contributed by atoms with van der Waals surface area (Å²) >= 11 is 0. The lowest BCUT2D eigenvalue weighted by atomic mass is 9.78. The van der Waals surface area contributed by atoms with E-state index in [0.717, 1.165) is 32.3 Å². The first-order chi connectivity index (χ1) is 10.0. The van der Waals surface area contributed by atoms with Gasteiger partial charge in [0.25, 0.3) is 0 Å². The second-order valence-electron chi connectivity index (χ2n) is 7.39. The van der Waals surface area contributed by atoms with E-state index in [2.05, 4.69) is 5.32 Å². The van der Waals surface area contributed by atoms with E-state index in [1.165, 1.54) is 25.7 Å². The quantitative estimate of drug-likeness (QED) is 0.863. The van der Waals surface area contributed by atoms with Crippen LogP contribution in [-0.4, -0.2) is 45.2 Å². The van der Waals surface area contributed by atoms with Crippen molar-refractivity contribution in [1.29, 1.82) is 0 Å². The number of sulfone groups is 1. The molecule has 2 saturated heterocycles. The third kappa shape index (κ3) is 3.62. The molecule has 21 heavy (non-hydrogen) atoms. The molecule has 1 spiro atoms. The van der Waals surface area contributed by atoms with E-state index < -0.39 is 9.84 Å². The predicted molar refractivity (Wildman–Crippen MR) is 84.1 cm³/mol. The van der Waals surface area contributed by atoms with Crippen molar-refractivity contribution in [2.45, 2.75) is 63.0 Å². The zero-order valence-electron chi connectivity index (χ0n) is 13.1. The standard InChI is InChI=1S/C16H29NO3S/c1-17-15(10-13-5-9-21(18,19)12-13)14-4-8-20-16(11-14)6-2-3-7-16/h13-15,17H,2-12H2,1H3. The summed E-state index contributed by atoms with van der Waals surface area (Å²) in [4.78, 5) is 0. The molecule has 0 amide bonds. The van der Waals surface area contributed by atoms with Gasteiger partial charge in [0.05, 0.1) is 17.1 Å². The third-order valence-electron chi connectivity index (χ3n) is 5.90. The molecule has 1 N–H and O–H groups in total. The monoisotopic (exact) mass is 315 g/mol. The minimum atomic E-state index is -2.75. The Morgan fingerprint density at radius 2 is 2.05 bits per heavy atom. The van der Waals surface area contributed by atoms with Crippen molar-refractivity contribution in [1.82, 2.24) is 5.32 Å². The molecule has 3 unspecified atom stereocenters. The van der Waals surface area contributed by atoms with Crippen LogP contribution < -0.4 is 5.32 Å². The van der Waals surface area contributed by atoms with Crippen LogP contribution in [0.1, 0.15) is 51.4 Å². The highest BCUT2D eigenvalue weighted by Gasteiger charge is 2.42. The second kappa shape index (κ2) is 6.17. The smallest absolute Gasteiger partial charge is 0.150 e. The topological polar surface area (TPSA) is 55.4 Å². The average Bonchev–Trinajstić information content (AvgIpc) is 3.03. The molecule has 1 aliphatic carbocycles. The van der Waals surface area contributed by atoms with Gasteiger partial charge in [-0.15, -0.1) is 0 Å². The first kappa shape index (κ1) is 15.8. The Kier molecular flexibility index (Phi) is 4.63. The summed E-state index contributed by atoms with van der Waals surface area (Å²) in [7, 11) is -0.722. The van der Waals surface area contributed by atoms with Crippen LogP contribution in [0.25, 0.3) is 0 Å². The minimum Gasteiger partial charge on any atom is -0.375 e. The number of hydrogen-bond acceptors (Lipinski definition) is 4. The first-order valence-corrected chi connectivity index (χ1v) is 10.4. The van der Waals surface area contributed by atoms with E-state index >= 15 is 0 Å². The molecule has 0 bridgehead atoms. The van der Waals surface area contributed by atoms with Crippen molar-refractivity contribution in [3.63, 3.8) is 0 Å². The Morgan fingerprint density at radius 1 is 1.29 bits per heavy atom. The van der Waals surface area contributed by atoms with Crippen molar-refractivity contribution < 1.29 is 13.2 Å². The largest absolute Gasteiger partial charge is 0.375 e. The maximum Gasteiger partial charge on any atom is 0.150 e. The van der Waals surface area contributed by atoms with Gasteiger partial charge in [-0.05, 0) is 57.4 Å². The van der Waals surface area contributed by atoms with E-state index in [-0.39, 0.29) is 5.60 Å². The van der Waals surface area contributed by atoms with E-state index in [9.17, 15) is 8.42 Å². The van der Waals surface area contributed by atoms with E-state index in [4.69, 9.17) is 4.74 Å². The van der Waals surface area contributed by atoms with Gasteiger partial charge in [0, 0.05) is 12.6 Å². The van der Waals surface area contributed by atoms with Crippen LogP contribution in [0.4, 0.5) is 0 Å². The summed E-state index contributed by atoms with van der Waals surface area (Å²) in [5, 5.41) is 3.48. The fraction of sp³-hybridized carbons (Fsp3) is 1.00. The highest BCUT2D eigenvalue weighted by Crippen LogP contribution is 2.43. The van der Waals surface area contributed by atoms with Crippen LogP contribution in [0.3, 0.4) is 0 Å². The zero-order chi connectivity index (χ0) is 14.9. The molecule has 2 aliphatic heterocycles. The summed E-state index contributed by atoms with van der Waals surface area (Å²) in [5.74, 6) is 1.80. The van der Waals surface area contributed by atoms with Crippen molar-refractivity contribution in [2.75, 3.05) is 25.2 Å². The Morgan fingerprint density at radius 3 is 2.67 bits per heavy atom. The number of rotatable bonds is 4. The van der Waals surface area contributed by atoms with Crippen LogP contribution in [0, 0.1) is 11.8 Å². The van der Waals surface area contributed by atoms with Gasteiger partial charge in [-0.2, -0.15) is 0 Å². The normalized spacial score (nSPS) is 36.0. The zero-order valence-corrected chi connectivity index (χ0v) is 14.0. The van der Waals surface area contributed by atoms with Gasteiger partial charge in [0.15, 0.2) is 9.84 Å². The van der Waals surface area contributed by atoms with Gasteiger partial charge in [0.2, 0.25) is 0 Å². The van der Waals surface area contributed by atoms with Gasteiger partial charge in [-0.25, -0.2) is 8.42 Å². The van der Waals surface area contributed by atoms with E-state index in [0.29, 0.717) is 29.4 Å². The summed E-state index contributed by atoms with van der Waals surface area (Å²) < 4.78 is 29.4. The van der Waals surface area contributed by atoms with Gasteiger partial charge in [0.1, 0.15) is 0 Å². The van der Waals surface area contributed by atoms with E-state index in [1.807, 2.05) is 7.05 Å². The van der Waals surface area contributed by atoms with Gasteiger partial charge in [-0.3, -0.25) is 0 Å². The van der Waals surface area contributed by atoms with E-state index in [1.54, 1.807) is 0 Å². The highest BCUT2D eigenvalue weighted by molar-refractivity contribution is 7.91. The van der Waals surface area contributed by atoms with Crippen LogP contribution in [0.2, 0.25) is 0 Å². The lowest BCUT2D eigenvalue weighted by Gasteiger charge is -2.42. The molecule has 1 saturated carbocycles. The van der Waals surface area contributed by atoms with Crippen LogP contribution in [0.5, 0.6) is 0 Å². The molecule has 2 heterocycles. The minimum absolute atomic E-state index is 0.153. The lowest BCUT2D eigenvalue weighted by molar-refractivity contribution is -0.0984. The number of ether oxygens (including phenoxy) is 1. The SMILES string of the molecule is CNC(CC1CCS(=O)(=O)C1)C1CCOC2(CCCC2)C1. The molecule has 0 aromatic heterocycles. The highest BCUT2D eigenvalue weighted by atomic mass is 32.2. The summed E-state index contributed by atoms with van der Waals surface area (Å²) in [6.45, 7) is 0.881. The molecule has 3 atom stereocenters. The Hall–Kier alpha value is -0.130. The third-order valence-corrected chi connectivity index (χ3v) is 7.74. The number of nitrogens with one attached hydrogen (secondary N) is 1. The molecule has 0 aromatic carbocycles. The van der Waals surface area contributed by atoms with Crippen molar-refractivity contribution >= 4 is 9.84 Å². The molecule has 5 heteroatoms. The fourth-order valence-corrected chi connectivity index (χ4v) is 6.62.